The van der Waals surface area contributed by atoms with E-state index in [1.807, 2.05) is 37.4 Å². The van der Waals surface area contributed by atoms with E-state index in [-0.39, 0.29) is 57.3 Å². The molecule has 0 radical (unpaired) electrons. The number of nitrogens with zero attached hydrogens (tertiary/aromatic N) is 4. The fourth-order valence-corrected chi connectivity index (χ4v) is 9.29. The number of likely N-dealkylation sites (tertiary alicyclic amines) is 1. The molecule has 298 valence electrons. The summed E-state index contributed by atoms with van der Waals surface area (Å²) in [5.74, 6) is -0.194. The van der Waals surface area contributed by atoms with E-state index in [0.717, 1.165) is 74.2 Å². The van der Waals surface area contributed by atoms with Crippen LogP contribution in [0.2, 0.25) is 5.02 Å². The molecule has 3 fully saturated rings. The molecular formula is C43H59ClN6O4S. The van der Waals surface area contributed by atoms with Gasteiger partial charge in [-0.15, -0.1) is 11.3 Å². The Morgan fingerprint density at radius 1 is 1.02 bits per heavy atom. The molecule has 12 heteroatoms. The number of halogens is 1. The Morgan fingerprint density at radius 3 is 2.56 bits per heavy atom. The first-order valence-electron chi connectivity index (χ1n) is 21.2. The molecule has 3 amide bonds. The van der Waals surface area contributed by atoms with Gasteiger partial charge in [-0.05, 0) is 126 Å². The highest BCUT2D eigenvalue weighted by molar-refractivity contribution is 7.09. The summed E-state index contributed by atoms with van der Waals surface area (Å²) in [5, 5.41) is 9.14. The summed E-state index contributed by atoms with van der Waals surface area (Å²) >= 11 is 8.09. The Labute approximate surface area is 339 Å². The van der Waals surface area contributed by atoms with Crippen LogP contribution in [-0.2, 0) is 22.7 Å². The van der Waals surface area contributed by atoms with Gasteiger partial charge in [0, 0.05) is 39.8 Å². The lowest BCUT2D eigenvalue weighted by atomic mass is 9.72. The van der Waals surface area contributed by atoms with Gasteiger partial charge in [-0.25, -0.2) is 4.79 Å². The Morgan fingerprint density at radius 2 is 1.82 bits per heavy atom. The third-order valence-corrected chi connectivity index (χ3v) is 13.2. The first-order chi connectivity index (χ1) is 27.6. The number of piperazine rings is 1. The fourth-order valence-electron chi connectivity index (χ4n) is 8.39. The van der Waals surface area contributed by atoms with Gasteiger partial charge in [0.25, 0.3) is 0 Å². The highest BCUT2D eigenvalue weighted by Gasteiger charge is 2.43. The van der Waals surface area contributed by atoms with Crippen molar-refractivity contribution >= 4 is 40.8 Å². The molecular weight excluding hydrogens is 732 g/mol. The van der Waals surface area contributed by atoms with Crippen molar-refractivity contribution < 1.29 is 21.9 Å². The van der Waals surface area contributed by atoms with Crippen LogP contribution in [0.5, 0.6) is 5.75 Å². The zero-order valence-electron chi connectivity index (χ0n) is 34.4. The number of rotatable bonds is 14. The molecule has 2 saturated heterocycles. The number of aryl methyl sites for hydroxylation is 1. The van der Waals surface area contributed by atoms with Crippen molar-refractivity contribution in [3.63, 3.8) is 0 Å². The molecule has 3 aromatic rings. The molecule has 55 heavy (non-hydrogen) atoms. The average Bonchev–Trinajstić information content (AvgIpc) is 3.90. The van der Waals surface area contributed by atoms with Gasteiger partial charge in [0.2, 0.25) is 11.8 Å². The molecule has 3 heterocycles. The fraction of sp³-hybridized carbons (Fsp3) is 0.558. The van der Waals surface area contributed by atoms with Gasteiger partial charge in [0.05, 0.1) is 24.2 Å². The van der Waals surface area contributed by atoms with Crippen molar-refractivity contribution in [2.24, 2.45) is 5.41 Å². The van der Waals surface area contributed by atoms with E-state index >= 15 is 0 Å². The largest absolute Gasteiger partial charge is 0.415 e. The Bertz CT molecular complexity index is 1780. The van der Waals surface area contributed by atoms with Gasteiger partial charge < -0.3 is 30.1 Å². The first kappa shape index (κ1) is 38.4. The smallest absolute Gasteiger partial charge is 0.409 e. The number of carbonyl (C=O) groups is 3. The Balaban J connectivity index is 1.14. The zero-order chi connectivity index (χ0) is 40.4. The van der Waals surface area contributed by atoms with E-state index in [0.29, 0.717) is 29.9 Å². The van der Waals surface area contributed by atoms with Crippen LogP contribution in [0.4, 0.5) is 4.79 Å². The summed E-state index contributed by atoms with van der Waals surface area (Å²) in [6.45, 7) is 8.33. The normalized spacial score (nSPS) is 22.8. The van der Waals surface area contributed by atoms with E-state index in [1.54, 1.807) is 27.2 Å². The molecule has 10 nitrogen and oxygen atoms in total. The number of hydrogen-bond acceptors (Lipinski definition) is 8. The second-order valence-electron chi connectivity index (χ2n) is 15.8. The SMILES string of the molecule is [2H]CN(C[2H])CCCC[C@H](NC1CCC2(CC1)CCN(Cc1ccccc1)C2)C(=O)N1CCN(C(=O)Oc2ccc(C)c(C)c2Cl)C[C@H]1C(=O)NCc1cccs1. The second kappa shape index (κ2) is 19.1. The van der Waals surface area contributed by atoms with E-state index in [9.17, 15) is 14.4 Å². The molecule has 2 atom stereocenters. The zero-order valence-corrected chi connectivity index (χ0v) is 34.0. The summed E-state index contributed by atoms with van der Waals surface area (Å²) in [6, 6.07) is 16.8. The maximum atomic E-state index is 14.8. The Hall–Kier alpha value is -3.48. The minimum Gasteiger partial charge on any atom is -0.409 e. The van der Waals surface area contributed by atoms with Gasteiger partial charge in [-0.1, -0.05) is 60.5 Å². The van der Waals surface area contributed by atoms with Gasteiger partial charge in [0.15, 0.2) is 5.75 Å². The summed E-state index contributed by atoms with van der Waals surface area (Å²) < 4.78 is 21.2. The predicted molar refractivity (Wildman–Crippen MR) is 221 cm³/mol. The summed E-state index contributed by atoms with van der Waals surface area (Å²) in [7, 11) is 0.142. The number of carbonyl (C=O) groups excluding carboxylic acids is 3. The standard InChI is InChI=1S/C43H59ClN6O4S/c1-31-15-16-38(39(44)32(31)2)54-42(53)49-24-25-50(37(29-49)40(51)45-27-35-13-10-26-55-35)41(52)36(14-8-9-22-47(3)4)46-34-17-19-43(20-18-34)21-23-48(30-43)28-33-11-6-5-7-12-33/h5-7,10-13,15-16,26,34,36-37,46H,8-9,14,17-25,27-30H2,1-4H3,(H,45,51)/t34?,36-,37-,43?/m0/s1/i3D,4D. The monoisotopic (exact) mass is 792 g/mol. The van der Waals surface area contributed by atoms with E-state index in [1.165, 1.54) is 16.9 Å². The minimum absolute atomic E-state index is 0.0105. The van der Waals surface area contributed by atoms with Crippen LogP contribution in [0.15, 0.2) is 60.0 Å². The van der Waals surface area contributed by atoms with Gasteiger partial charge >= 0.3 is 6.09 Å². The van der Waals surface area contributed by atoms with Crippen LogP contribution in [-0.4, -0.2) is 109 Å². The quantitative estimate of drug-likeness (QED) is 0.172. The number of hydrogen-bond donors (Lipinski definition) is 2. The maximum Gasteiger partial charge on any atom is 0.415 e. The summed E-state index contributed by atoms with van der Waals surface area (Å²) in [6.07, 6.45) is 6.85. The van der Waals surface area contributed by atoms with Crippen molar-refractivity contribution in [3.8, 4) is 5.75 Å². The number of thiophene rings is 1. The topological polar surface area (TPSA) is 97.5 Å². The van der Waals surface area contributed by atoms with Crippen LogP contribution < -0.4 is 15.4 Å². The van der Waals surface area contributed by atoms with Crippen LogP contribution in [0.3, 0.4) is 0 Å². The molecule has 1 saturated carbocycles. The maximum absolute atomic E-state index is 14.8. The molecule has 6 rings (SSSR count). The van der Waals surface area contributed by atoms with Gasteiger partial charge in [-0.3, -0.25) is 14.5 Å². The van der Waals surface area contributed by atoms with Crippen LogP contribution in [0, 0.1) is 19.3 Å². The lowest BCUT2D eigenvalue weighted by Gasteiger charge is -2.43. The number of amides is 3. The van der Waals surface area contributed by atoms with E-state index in [4.69, 9.17) is 19.1 Å². The van der Waals surface area contributed by atoms with E-state index < -0.39 is 18.2 Å². The van der Waals surface area contributed by atoms with Crippen molar-refractivity contribution in [2.45, 2.75) is 96.4 Å². The van der Waals surface area contributed by atoms with E-state index in [2.05, 4.69) is 45.9 Å². The molecule has 1 aromatic heterocycles. The number of benzene rings is 2. The summed E-state index contributed by atoms with van der Waals surface area (Å²) in [5.41, 5.74) is 3.47. The highest BCUT2D eigenvalue weighted by atomic mass is 35.5. The molecule has 2 aliphatic heterocycles. The minimum atomic E-state index is -0.913. The molecule has 0 bridgehead atoms. The van der Waals surface area contributed by atoms with Crippen molar-refractivity contribution in [1.82, 2.24) is 30.2 Å². The molecule has 1 spiro atoms. The van der Waals surface area contributed by atoms with Crippen molar-refractivity contribution in [1.29, 1.82) is 0 Å². The third-order valence-electron chi connectivity index (χ3n) is 11.8. The first-order valence-corrected chi connectivity index (χ1v) is 21.0. The van der Waals surface area contributed by atoms with Crippen LogP contribution >= 0.6 is 22.9 Å². The van der Waals surface area contributed by atoms with Crippen LogP contribution in [0.25, 0.3) is 0 Å². The van der Waals surface area contributed by atoms with Gasteiger partial charge in [-0.2, -0.15) is 0 Å². The molecule has 2 N–H and O–H groups in total. The third kappa shape index (κ3) is 10.9. The number of unbranched alkanes of at least 4 members (excludes halogenated alkanes) is 1. The van der Waals surface area contributed by atoms with Crippen molar-refractivity contribution in [3.05, 3.63) is 86.6 Å². The van der Waals surface area contributed by atoms with Gasteiger partial charge in [0.1, 0.15) is 6.04 Å². The molecule has 0 unspecified atom stereocenters. The summed E-state index contributed by atoms with van der Waals surface area (Å²) in [4.78, 5) is 50.8. The lowest BCUT2D eigenvalue weighted by Crippen LogP contribution is -2.64. The Kier molecular flexibility index (Phi) is 13.3. The lowest BCUT2D eigenvalue weighted by molar-refractivity contribution is -0.145. The highest BCUT2D eigenvalue weighted by Crippen LogP contribution is 2.44. The predicted octanol–water partition coefficient (Wildman–Crippen LogP) is 6.87. The molecule has 1 aliphatic carbocycles. The molecule has 2 aromatic carbocycles. The average molecular weight is 794 g/mol. The molecule has 3 aliphatic rings. The van der Waals surface area contributed by atoms with Crippen molar-refractivity contribution in [2.75, 3.05) is 53.3 Å². The number of ether oxygens (including phenoxy) is 1. The number of nitrogens with one attached hydrogen (secondary N) is 2. The van der Waals surface area contributed by atoms with Crippen LogP contribution in [0.1, 0.15) is 75.7 Å². The second-order valence-corrected chi connectivity index (χ2v) is 17.2.